The van der Waals surface area contributed by atoms with Crippen molar-refractivity contribution in [2.75, 3.05) is 19.6 Å². The Morgan fingerprint density at radius 3 is 2.42 bits per heavy atom. The van der Waals surface area contributed by atoms with Crippen molar-refractivity contribution in [3.05, 3.63) is 0 Å². The van der Waals surface area contributed by atoms with Crippen LogP contribution >= 0.6 is 0 Å². The van der Waals surface area contributed by atoms with Gasteiger partial charge in [0.1, 0.15) is 0 Å². The van der Waals surface area contributed by atoms with Crippen molar-refractivity contribution in [2.45, 2.75) is 50.3 Å². The van der Waals surface area contributed by atoms with E-state index in [-0.39, 0.29) is 18.9 Å². The summed E-state index contributed by atoms with van der Waals surface area (Å²) >= 11 is 0. The van der Waals surface area contributed by atoms with Crippen LogP contribution in [0.2, 0.25) is 0 Å². The first-order valence-electron chi connectivity index (χ1n) is 6.57. The molecule has 0 aromatic carbocycles. The van der Waals surface area contributed by atoms with Crippen LogP contribution in [0, 0.1) is 0 Å². The lowest BCUT2D eigenvalue weighted by atomic mass is 10.0. The number of likely N-dealkylation sites (tertiary alicyclic amines) is 1. The molecule has 1 unspecified atom stereocenters. The van der Waals surface area contributed by atoms with Gasteiger partial charge in [0.05, 0.1) is 6.54 Å². The van der Waals surface area contributed by atoms with Crippen LogP contribution in [0.25, 0.3) is 0 Å². The lowest BCUT2D eigenvalue weighted by Gasteiger charge is -2.25. The first-order chi connectivity index (χ1) is 8.80. The Labute approximate surface area is 110 Å². The summed E-state index contributed by atoms with van der Waals surface area (Å²) in [7, 11) is 0. The molecule has 0 radical (unpaired) electrons. The molecule has 0 bridgehead atoms. The molecule has 3 N–H and O–H groups in total. The standard InChI is InChI=1S/C12H21F3N2O2/c13-12(14,15)11(19)6-8-17(9-11)10(18)5-3-1-2-4-7-16/h19H,1-9,16H2. The summed E-state index contributed by atoms with van der Waals surface area (Å²) in [5.41, 5.74) is 2.60. The van der Waals surface area contributed by atoms with E-state index < -0.39 is 24.7 Å². The minimum absolute atomic E-state index is 0.0301. The number of aliphatic hydroxyl groups is 1. The van der Waals surface area contributed by atoms with E-state index in [1.165, 1.54) is 0 Å². The van der Waals surface area contributed by atoms with Gasteiger partial charge in [0.2, 0.25) is 5.91 Å². The molecule has 1 atom stereocenters. The Morgan fingerprint density at radius 2 is 1.89 bits per heavy atom. The summed E-state index contributed by atoms with van der Waals surface area (Å²) in [5.74, 6) is -0.312. The minimum Gasteiger partial charge on any atom is -0.379 e. The molecule has 0 aromatic heterocycles. The summed E-state index contributed by atoms with van der Waals surface area (Å²) in [6.07, 6.45) is -1.56. The Balaban J connectivity index is 2.32. The van der Waals surface area contributed by atoms with Gasteiger partial charge in [-0.1, -0.05) is 12.8 Å². The van der Waals surface area contributed by atoms with E-state index in [0.717, 1.165) is 24.2 Å². The van der Waals surface area contributed by atoms with Gasteiger partial charge >= 0.3 is 6.18 Å². The topological polar surface area (TPSA) is 66.6 Å². The largest absolute Gasteiger partial charge is 0.419 e. The van der Waals surface area contributed by atoms with E-state index >= 15 is 0 Å². The van der Waals surface area contributed by atoms with Crippen LogP contribution in [0.5, 0.6) is 0 Å². The fraction of sp³-hybridized carbons (Fsp3) is 0.917. The van der Waals surface area contributed by atoms with E-state index in [2.05, 4.69) is 0 Å². The summed E-state index contributed by atoms with van der Waals surface area (Å²) in [6, 6.07) is 0. The fourth-order valence-electron chi connectivity index (χ4n) is 2.17. The van der Waals surface area contributed by atoms with Gasteiger partial charge in [0, 0.05) is 19.4 Å². The smallest absolute Gasteiger partial charge is 0.379 e. The number of hydrogen-bond donors (Lipinski definition) is 2. The highest BCUT2D eigenvalue weighted by atomic mass is 19.4. The number of hydrogen-bond acceptors (Lipinski definition) is 3. The van der Waals surface area contributed by atoms with Crippen molar-refractivity contribution < 1.29 is 23.1 Å². The number of carbonyl (C=O) groups excluding carboxylic acids is 1. The maximum Gasteiger partial charge on any atom is 0.419 e. The quantitative estimate of drug-likeness (QED) is 0.724. The number of carbonyl (C=O) groups is 1. The van der Waals surface area contributed by atoms with Crippen molar-refractivity contribution in [1.29, 1.82) is 0 Å². The zero-order chi connectivity index (χ0) is 14.5. The summed E-state index contributed by atoms with van der Waals surface area (Å²) in [5, 5.41) is 9.46. The normalized spacial score (nSPS) is 23.9. The average Bonchev–Trinajstić information content (AvgIpc) is 2.72. The third-order valence-corrected chi connectivity index (χ3v) is 3.47. The predicted octanol–water partition coefficient (Wildman–Crippen LogP) is 1.42. The van der Waals surface area contributed by atoms with Crippen molar-refractivity contribution in [3.63, 3.8) is 0 Å². The molecule has 1 aliphatic heterocycles. The highest BCUT2D eigenvalue weighted by Gasteiger charge is 2.57. The third kappa shape index (κ3) is 4.35. The molecule has 7 heteroatoms. The van der Waals surface area contributed by atoms with Gasteiger partial charge < -0.3 is 15.7 Å². The Morgan fingerprint density at radius 1 is 1.26 bits per heavy atom. The minimum atomic E-state index is -4.68. The van der Waals surface area contributed by atoms with E-state index in [9.17, 15) is 23.1 Å². The highest BCUT2D eigenvalue weighted by molar-refractivity contribution is 5.76. The number of nitrogens with zero attached hydrogens (tertiary/aromatic N) is 1. The second kappa shape index (κ2) is 6.56. The fourth-order valence-corrected chi connectivity index (χ4v) is 2.17. The van der Waals surface area contributed by atoms with Crippen LogP contribution in [0.1, 0.15) is 38.5 Å². The van der Waals surface area contributed by atoms with E-state index in [1.54, 1.807) is 0 Å². The molecular weight excluding hydrogens is 261 g/mol. The van der Waals surface area contributed by atoms with Crippen molar-refractivity contribution >= 4 is 5.91 Å². The van der Waals surface area contributed by atoms with Gasteiger partial charge in [-0.3, -0.25) is 4.79 Å². The number of unbranched alkanes of at least 4 members (excludes halogenated alkanes) is 3. The van der Waals surface area contributed by atoms with Crippen molar-refractivity contribution in [1.82, 2.24) is 4.90 Å². The lowest BCUT2D eigenvalue weighted by molar-refractivity contribution is -0.253. The first kappa shape index (κ1) is 16.2. The van der Waals surface area contributed by atoms with E-state index in [4.69, 9.17) is 5.73 Å². The molecule has 4 nitrogen and oxygen atoms in total. The summed E-state index contributed by atoms with van der Waals surface area (Å²) < 4.78 is 37.7. The highest BCUT2D eigenvalue weighted by Crippen LogP contribution is 2.37. The van der Waals surface area contributed by atoms with Gasteiger partial charge in [-0.25, -0.2) is 0 Å². The molecule has 1 heterocycles. The van der Waals surface area contributed by atoms with Crippen LogP contribution in [-0.2, 0) is 4.79 Å². The van der Waals surface area contributed by atoms with Crippen LogP contribution in [0.3, 0.4) is 0 Å². The molecule has 1 saturated heterocycles. The van der Waals surface area contributed by atoms with Crippen molar-refractivity contribution in [3.8, 4) is 0 Å². The van der Waals surface area contributed by atoms with E-state index in [0.29, 0.717) is 13.0 Å². The van der Waals surface area contributed by atoms with Gasteiger partial charge in [0.25, 0.3) is 0 Å². The van der Waals surface area contributed by atoms with Crippen LogP contribution in [0.4, 0.5) is 13.2 Å². The monoisotopic (exact) mass is 282 g/mol. The number of β-amino-alcohol motifs (C(OH)–C–C–N with tert-alkyl or cyclic N) is 1. The molecule has 1 aliphatic rings. The maximum absolute atomic E-state index is 12.6. The number of rotatable bonds is 6. The van der Waals surface area contributed by atoms with Crippen LogP contribution in [0.15, 0.2) is 0 Å². The zero-order valence-corrected chi connectivity index (χ0v) is 10.9. The van der Waals surface area contributed by atoms with Crippen LogP contribution in [-0.4, -0.2) is 47.3 Å². The number of halogens is 3. The Kier molecular flexibility index (Phi) is 5.61. The molecule has 0 saturated carbocycles. The molecule has 0 aliphatic carbocycles. The van der Waals surface area contributed by atoms with Gasteiger partial charge in [0.15, 0.2) is 5.60 Å². The second-order valence-electron chi connectivity index (χ2n) is 5.05. The second-order valence-corrected chi connectivity index (χ2v) is 5.05. The number of nitrogens with two attached hydrogens (primary N) is 1. The van der Waals surface area contributed by atoms with Gasteiger partial charge in [-0.15, -0.1) is 0 Å². The summed E-state index contributed by atoms with van der Waals surface area (Å²) in [4.78, 5) is 12.8. The molecule has 1 amide bonds. The Hall–Kier alpha value is -0.820. The maximum atomic E-state index is 12.6. The van der Waals surface area contributed by atoms with Gasteiger partial charge in [-0.05, 0) is 19.4 Å². The molecular formula is C12H21F3N2O2. The van der Waals surface area contributed by atoms with E-state index in [1.807, 2.05) is 0 Å². The number of alkyl halides is 3. The third-order valence-electron chi connectivity index (χ3n) is 3.47. The Bertz CT molecular complexity index is 310. The predicted molar refractivity (Wildman–Crippen MR) is 64.3 cm³/mol. The molecule has 1 fully saturated rings. The SMILES string of the molecule is NCCCCCCC(=O)N1CCC(O)(C(F)(F)F)C1. The molecule has 112 valence electrons. The molecule has 1 rings (SSSR count). The van der Waals surface area contributed by atoms with Gasteiger partial charge in [-0.2, -0.15) is 13.2 Å². The molecule has 19 heavy (non-hydrogen) atoms. The average molecular weight is 282 g/mol. The zero-order valence-electron chi connectivity index (χ0n) is 10.9. The lowest BCUT2D eigenvalue weighted by Crippen LogP contribution is -2.48. The molecule has 0 spiro atoms. The van der Waals surface area contributed by atoms with Crippen LogP contribution < -0.4 is 5.73 Å². The first-order valence-corrected chi connectivity index (χ1v) is 6.57. The number of amides is 1. The molecule has 0 aromatic rings. The van der Waals surface area contributed by atoms with Crippen molar-refractivity contribution in [2.24, 2.45) is 5.73 Å². The summed E-state index contributed by atoms with van der Waals surface area (Å²) in [6.45, 7) is -0.0610.